The summed E-state index contributed by atoms with van der Waals surface area (Å²) < 4.78 is 46.5. The van der Waals surface area contributed by atoms with Gasteiger partial charge in [-0.15, -0.1) is 0 Å². The van der Waals surface area contributed by atoms with Crippen LogP contribution in [0.1, 0.15) is 75.7 Å². The van der Waals surface area contributed by atoms with Gasteiger partial charge in [0.2, 0.25) is 11.8 Å². The van der Waals surface area contributed by atoms with Gasteiger partial charge in [-0.05, 0) is 88.0 Å². The molecule has 0 radical (unpaired) electrons. The minimum Gasteiger partial charge on any atom is -0.428 e. The number of aryl methyl sites for hydroxylation is 2. The number of rotatable bonds is 9. The van der Waals surface area contributed by atoms with E-state index in [9.17, 15) is 22.4 Å². The largest absolute Gasteiger partial charge is 0.428 e. The molecule has 0 spiro atoms. The summed E-state index contributed by atoms with van der Waals surface area (Å²) in [4.78, 5) is 33.6. The average molecular weight is 618 g/mol. The maximum Gasteiger partial charge on any atom is 0.309 e. The number of carbonyl (C=O) groups excluding carboxylic acids is 2. The number of likely N-dealkylation sites (tertiary alicyclic amines) is 1. The summed E-state index contributed by atoms with van der Waals surface area (Å²) in [5.74, 6) is 0.669. The van der Waals surface area contributed by atoms with Gasteiger partial charge >= 0.3 is 6.01 Å². The highest BCUT2D eigenvalue weighted by molar-refractivity contribution is 7.92. The Morgan fingerprint density at radius 3 is 2.33 bits per heavy atom. The van der Waals surface area contributed by atoms with Crippen molar-refractivity contribution in [1.29, 1.82) is 0 Å². The zero-order valence-corrected chi connectivity index (χ0v) is 25.9. The molecule has 1 aromatic heterocycles. The molecule has 2 aliphatic carbocycles. The van der Waals surface area contributed by atoms with Gasteiger partial charge in [-0.2, -0.15) is 4.98 Å². The van der Waals surface area contributed by atoms with Crippen molar-refractivity contribution in [2.75, 3.05) is 23.3 Å². The summed E-state index contributed by atoms with van der Waals surface area (Å²) in [6, 6.07) is 4.75. The van der Waals surface area contributed by atoms with E-state index in [4.69, 9.17) is 10.2 Å². The summed E-state index contributed by atoms with van der Waals surface area (Å²) in [6.45, 7) is 3.42. The Bertz CT molecular complexity index is 1360. The Labute approximate surface area is 253 Å². The van der Waals surface area contributed by atoms with E-state index in [2.05, 4.69) is 15.0 Å². The van der Waals surface area contributed by atoms with Crippen LogP contribution in [0.25, 0.3) is 0 Å². The summed E-state index contributed by atoms with van der Waals surface area (Å²) in [6.07, 6.45) is 9.15. The van der Waals surface area contributed by atoms with Crippen LogP contribution in [0, 0.1) is 37.5 Å². The third kappa shape index (κ3) is 7.06. The van der Waals surface area contributed by atoms with Crippen LogP contribution in [-0.2, 0) is 19.6 Å². The van der Waals surface area contributed by atoms with Crippen LogP contribution in [0.15, 0.2) is 33.6 Å². The minimum absolute atomic E-state index is 0.000149. The lowest BCUT2D eigenvalue weighted by Gasteiger charge is -2.36. The maximum absolute atomic E-state index is 13.9. The molecule has 1 aromatic carbocycles. The van der Waals surface area contributed by atoms with Crippen molar-refractivity contribution in [2.24, 2.45) is 29.4 Å². The topological polar surface area (TPSA) is 148 Å². The second kappa shape index (κ2) is 13.3. The molecule has 5 rings (SSSR count). The number of nitrogens with two attached hydrogens (primary N) is 1. The van der Waals surface area contributed by atoms with Crippen molar-refractivity contribution in [1.82, 2.24) is 9.88 Å². The molecule has 2 saturated carbocycles. The van der Waals surface area contributed by atoms with Crippen molar-refractivity contribution >= 4 is 33.5 Å². The van der Waals surface area contributed by atoms with E-state index in [1.54, 1.807) is 30.9 Å². The first-order chi connectivity index (χ1) is 20.6. The van der Waals surface area contributed by atoms with Crippen molar-refractivity contribution in [3.8, 4) is 0 Å². The van der Waals surface area contributed by atoms with Crippen LogP contribution < -0.4 is 15.8 Å². The lowest BCUT2D eigenvalue weighted by molar-refractivity contribution is -0.142. The molecule has 2 heterocycles. The summed E-state index contributed by atoms with van der Waals surface area (Å²) >= 11 is 0. The third-order valence-electron chi connectivity index (χ3n) is 9.84. The fourth-order valence-corrected chi connectivity index (χ4v) is 8.16. The number of halogens is 1. The molecule has 4 N–H and O–H groups in total. The lowest BCUT2D eigenvalue weighted by atomic mass is 9.76. The highest BCUT2D eigenvalue weighted by Gasteiger charge is 2.47. The van der Waals surface area contributed by atoms with Gasteiger partial charge in [0.1, 0.15) is 18.5 Å². The Morgan fingerprint density at radius 1 is 1.05 bits per heavy atom. The van der Waals surface area contributed by atoms with Crippen LogP contribution in [0.5, 0.6) is 0 Å². The van der Waals surface area contributed by atoms with Gasteiger partial charge in [-0.25, -0.2) is 17.5 Å². The van der Waals surface area contributed by atoms with Crippen molar-refractivity contribution < 1.29 is 26.8 Å². The first kappa shape index (κ1) is 31.4. The fraction of sp³-hybridized carbons (Fsp3) is 0.645. The molecule has 2 aromatic rings. The number of nitrogens with one attached hydrogen (secondary N) is 2. The van der Waals surface area contributed by atoms with Crippen LogP contribution in [0.4, 0.5) is 16.1 Å². The number of anilines is 2. The molecule has 0 unspecified atom stereocenters. The Balaban J connectivity index is 1.29. The quantitative estimate of drug-likeness (QED) is 0.361. The van der Waals surface area contributed by atoms with E-state index in [0.29, 0.717) is 42.4 Å². The van der Waals surface area contributed by atoms with Crippen LogP contribution >= 0.6 is 0 Å². The van der Waals surface area contributed by atoms with Gasteiger partial charge in [0.05, 0.1) is 10.6 Å². The summed E-state index contributed by atoms with van der Waals surface area (Å²) in [7, 11) is -3.95. The standard InChI is InChI=1S/C31H44FN5O5S/c1-19-20(2)42-31(34-19)36-43(40,41)25-14-12-24(13-15-25)35-29(38)28-26(21-6-4-3-5-7-21)16-17-37(28)30(39)23-10-8-22(9-11-23)27(33)18-32/h12-15,21-23,26-28H,3-11,16-18,33H2,1-2H3,(H,34,36)(H,35,38)/t22?,23?,26-,27+,28-/m0/s1. The number of aromatic nitrogens is 1. The highest BCUT2D eigenvalue weighted by Crippen LogP contribution is 2.41. The van der Waals surface area contributed by atoms with Gasteiger partial charge in [-0.3, -0.25) is 9.59 Å². The van der Waals surface area contributed by atoms with Crippen LogP contribution in [0.3, 0.4) is 0 Å². The Kier molecular flexibility index (Phi) is 9.75. The second-order valence-corrected chi connectivity index (χ2v) is 14.2. The number of sulfonamides is 1. The monoisotopic (exact) mass is 617 g/mol. The zero-order valence-electron chi connectivity index (χ0n) is 25.1. The van der Waals surface area contributed by atoms with Crippen molar-refractivity contribution in [2.45, 2.75) is 95.0 Å². The lowest BCUT2D eigenvalue weighted by Crippen LogP contribution is -2.50. The van der Waals surface area contributed by atoms with E-state index in [1.165, 1.54) is 18.6 Å². The van der Waals surface area contributed by atoms with Crippen molar-refractivity contribution in [3.63, 3.8) is 0 Å². The SMILES string of the molecule is Cc1nc(NS(=O)(=O)c2ccc(NC(=O)[C@@H]3[C@H](C4CCCCC4)CCN3C(=O)C3CCC([C@H](N)CF)CC3)cc2)oc1C. The normalized spacial score (nSPS) is 25.8. The molecule has 43 heavy (non-hydrogen) atoms. The molecule has 0 bridgehead atoms. The molecule has 1 aliphatic heterocycles. The Morgan fingerprint density at radius 2 is 1.72 bits per heavy atom. The Hall–Kier alpha value is -2.99. The van der Waals surface area contributed by atoms with Crippen LogP contribution in [-0.4, -0.2) is 55.4 Å². The van der Waals surface area contributed by atoms with Gasteiger partial charge in [0.25, 0.3) is 10.0 Å². The maximum atomic E-state index is 13.9. The van der Waals surface area contributed by atoms with Gasteiger partial charge in [0.15, 0.2) is 0 Å². The summed E-state index contributed by atoms with van der Waals surface area (Å²) in [5, 5.41) is 2.97. The van der Waals surface area contributed by atoms with Gasteiger partial charge < -0.3 is 20.4 Å². The first-order valence-electron chi connectivity index (χ1n) is 15.6. The molecular formula is C31H44FN5O5S. The molecule has 236 valence electrons. The first-order valence-corrected chi connectivity index (χ1v) is 17.1. The van der Waals surface area contributed by atoms with Gasteiger partial charge in [-0.1, -0.05) is 32.1 Å². The zero-order chi connectivity index (χ0) is 30.7. The van der Waals surface area contributed by atoms with E-state index < -0.39 is 28.8 Å². The predicted molar refractivity (Wildman–Crippen MR) is 161 cm³/mol. The number of hydrogen-bond acceptors (Lipinski definition) is 7. The molecule has 2 amide bonds. The number of alkyl halides is 1. The van der Waals surface area contributed by atoms with E-state index in [0.717, 1.165) is 44.9 Å². The minimum atomic E-state index is -3.95. The molecule has 3 atom stereocenters. The fourth-order valence-electron chi connectivity index (χ4n) is 7.23. The molecule has 10 nitrogen and oxygen atoms in total. The predicted octanol–water partition coefficient (Wildman–Crippen LogP) is 4.93. The van der Waals surface area contributed by atoms with Crippen molar-refractivity contribution in [3.05, 3.63) is 35.7 Å². The molecule has 12 heteroatoms. The smallest absolute Gasteiger partial charge is 0.309 e. The third-order valence-corrected chi connectivity index (χ3v) is 11.2. The second-order valence-electron chi connectivity index (χ2n) is 12.5. The number of amides is 2. The van der Waals surface area contributed by atoms with Gasteiger partial charge in [0, 0.05) is 24.2 Å². The highest BCUT2D eigenvalue weighted by atomic mass is 32.2. The number of hydrogen-bond donors (Lipinski definition) is 3. The average Bonchev–Trinajstić information content (AvgIpc) is 3.59. The van der Waals surface area contributed by atoms with E-state index in [1.807, 2.05) is 0 Å². The molecular weight excluding hydrogens is 573 g/mol. The van der Waals surface area contributed by atoms with E-state index in [-0.39, 0.29) is 40.5 Å². The number of benzene rings is 1. The molecule has 3 aliphatic rings. The number of carbonyl (C=O) groups is 2. The van der Waals surface area contributed by atoms with Crippen LogP contribution in [0.2, 0.25) is 0 Å². The molecule has 3 fully saturated rings. The molecule has 1 saturated heterocycles. The van der Waals surface area contributed by atoms with E-state index >= 15 is 0 Å². The summed E-state index contributed by atoms with van der Waals surface area (Å²) in [5.41, 5.74) is 6.98. The number of nitrogens with zero attached hydrogens (tertiary/aromatic N) is 2. The number of oxazole rings is 1.